The maximum atomic E-state index is 12.4. The molecule has 6 heteroatoms. The maximum absolute atomic E-state index is 12.4. The van der Waals surface area contributed by atoms with Crippen molar-refractivity contribution in [3.8, 4) is 0 Å². The second-order valence-corrected chi connectivity index (χ2v) is 6.42. The van der Waals surface area contributed by atoms with Gasteiger partial charge in [-0.1, -0.05) is 23.2 Å². The Morgan fingerprint density at radius 1 is 1.41 bits per heavy atom. The molecule has 94 valence electrons. The summed E-state index contributed by atoms with van der Waals surface area (Å²) < 4.78 is 17.7. The molecule has 2 rings (SSSR count). The fourth-order valence-corrected chi connectivity index (χ4v) is 3.83. The van der Waals surface area contributed by atoms with Crippen molar-refractivity contribution in [1.29, 1.82) is 0 Å². The summed E-state index contributed by atoms with van der Waals surface area (Å²) in [5.74, 6) is 0. The Kier molecular flexibility index (Phi) is 4.44. The molecule has 3 atom stereocenters. The molecule has 0 aliphatic carbocycles. The van der Waals surface area contributed by atoms with Gasteiger partial charge < -0.3 is 10.5 Å². The van der Waals surface area contributed by atoms with Crippen LogP contribution in [0, 0.1) is 0 Å². The lowest BCUT2D eigenvalue weighted by Crippen LogP contribution is -2.45. The predicted molar refractivity (Wildman–Crippen MR) is 70.1 cm³/mol. The van der Waals surface area contributed by atoms with Crippen LogP contribution in [-0.2, 0) is 15.5 Å². The third-order valence-corrected chi connectivity index (χ3v) is 5.22. The fraction of sp³-hybridized carbons (Fsp3) is 0.455. The smallest absolute Gasteiger partial charge is 0.0780 e. The van der Waals surface area contributed by atoms with Crippen LogP contribution in [0.5, 0.6) is 0 Å². The molecule has 1 aromatic rings. The summed E-state index contributed by atoms with van der Waals surface area (Å²) >= 11 is 11.9. The lowest BCUT2D eigenvalue weighted by molar-refractivity contribution is 0.0904. The van der Waals surface area contributed by atoms with Gasteiger partial charge in [-0.05, 0) is 24.6 Å². The molecule has 0 radical (unpaired) electrons. The maximum Gasteiger partial charge on any atom is 0.0780 e. The Labute approximate surface area is 113 Å². The van der Waals surface area contributed by atoms with Gasteiger partial charge in [-0.15, -0.1) is 0 Å². The van der Waals surface area contributed by atoms with Gasteiger partial charge in [-0.2, -0.15) is 0 Å². The zero-order chi connectivity index (χ0) is 12.4. The summed E-state index contributed by atoms with van der Waals surface area (Å²) in [7, 11) is -1.29. The largest absolute Gasteiger partial charge is 0.380 e. The molecule has 0 spiro atoms. The van der Waals surface area contributed by atoms with Crippen LogP contribution in [-0.4, -0.2) is 28.7 Å². The molecule has 1 saturated heterocycles. The number of rotatable bonds is 2. The van der Waals surface area contributed by atoms with Crippen LogP contribution in [0.1, 0.15) is 6.42 Å². The molecular formula is C11H13Cl2NO2S. The molecule has 1 fully saturated rings. The average molecular weight is 294 g/mol. The highest BCUT2D eigenvalue weighted by Gasteiger charge is 2.29. The minimum absolute atomic E-state index is 0.125. The first-order chi connectivity index (χ1) is 8.09. The van der Waals surface area contributed by atoms with Crippen LogP contribution < -0.4 is 5.73 Å². The average Bonchev–Trinajstić information content (AvgIpc) is 2.32. The third kappa shape index (κ3) is 3.01. The highest BCUT2D eigenvalue weighted by Crippen LogP contribution is 2.27. The first-order valence-corrected chi connectivity index (χ1v) is 7.25. The van der Waals surface area contributed by atoms with Crippen molar-refractivity contribution >= 4 is 34.0 Å². The van der Waals surface area contributed by atoms with E-state index in [0.29, 0.717) is 34.6 Å². The summed E-state index contributed by atoms with van der Waals surface area (Å²) in [6.45, 7) is 1.02. The topological polar surface area (TPSA) is 52.3 Å². The van der Waals surface area contributed by atoms with Crippen LogP contribution >= 0.6 is 23.2 Å². The van der Waals surface area contributed by atoms with Crippen molar-refractivity contribution in [1.82, 2.24) is 0 Å². The van der Waals surface area contributed by atoms with E-state index in [4.69, 9.17) is 33.7 Å². The Balaban J connectivity index is 2.26. The number of benzene rings is 1. The Bertz CT molecular complexity index is 441. The molecule has 0 saturated carbocycles. The summed E-state index contributed by atoms with van der Waals surface area (Å²) in [6.07, 6.45) is 0.717. The highest BCUT2D eigenvalue weighted by molar-refractivity contribution is 7.86. The lowest BCUT2D eigenvalue weighted by atomic mass is 10.1. The second kappa shape index (κ2) is 5.67. The number of nitrogens with two attached hydrogens (primary N) is 1. The summed E-state index contributed by atoms with van der Waals surface area (Å²) in [4.78, 5) is 0.533. The van der Waals surface area contributed by atoms with E-state index in [1.165, 1.54) is 0 Å². The Morgan fingerprint density at radius 3 is 2.88 bits per heavy atom. The van der Waals surface area contributed by atoms with E-state index in [1.807, 2.05) is 0 Å². The SMILES string of the molecule is NC1CCOCC1S(=O)c1cc(Cl)ccc1Cl. The van der Waals surface area contributed by atoms with Crippen molar-refractivity contribution in [2.75, 3.05) is 13.2 Å². The predicted octanol–water partition coefficient (Wildman–Crippen LogP) is 2.22. The van der Waals surface area contributed by atoms with Crippen molar-refractivity contribution in [3.05, 3.63) is 28.2 Å². The van der Waals surface area contributed by atoms with E-state index in [2.05, 4.69) is 0 Å². The molecule has 1 heterocycles. The van der Waals surface area contributed by atoms with E-state index >= 15 is 0 Å². The molecule has 0 aromatic heterocycles. The van der Waals surface area contributed by atoms with Gasteiger partial charge in [0.1, 0.15) is 0 Å². The lowest BCUT2D eigenvalue weighted by Gasteiger charge is -2.28. The van der Waals surface area contributed by atoms with Crippen LogP contribution in [0.25, 0.3) is 0 Å². The first-order valence-electron chi connectivity index (χ1n) is 5.28. The third-order valence-electron chi connectivity index (χ3n) is 2.74. The van der Waals surface area contributed by atoms with E-state index in [0.717, 1.165) is 0 Å². The fourth-order valence-electron chi connectivity index (χ4n) is 1.74. The van der Waals surface area contributed by atoms with E-state index in [1.54, 1.807) is 18.2 Å². The number of hydrogen-bond acceptors (Lipinski definition) is 3. The van der Waals surface area contributed by atoms with Gasteiger partial charge in [-0.3, -0.25) is 4.21 Å². The van der Waals surface area contributed by atoms with Crippen molar-refractivity contribution in [3.63, 3.8) is 0 Å². The molecule has 1 aliphatic heterocycles. The molecule has 1 aromatic carbocycles. The first kappa shape index (κ1) is 13.3. The molecule has 0 amide bonds. The van der Waals surface area contributed by atoms with Crippen LogP contribution in [0.4, 0.5) is 0 Å². The Morgan fingerprint density at radius 2 is 2.18 bits per heavy atom. The van der Waals surface area contributed by atoms with Gasteiger partial charge in [0.15, 0.2) is 0 Å². The van der Waals surface area contributed by atoms with E-state index in [-0.39, 0.29) is 11.3 Å². The monoisotopic (exact) mass is 293 g/mol. The minimum atomic E-state index is -1.29. The summed E-state index contributed by atoms with van der Waals surface area (Å²) in [5.41, 5.74) is 5.96. The van der Waals surface area contributed by atoms with E-state index in [9.17, 15) is 4.21 Å². The molecule has 2 N–H and O–H groups in total. The molecular weight excluding hydrogens is 281 g/mol. The van der Waals surface area contributed by atoms with Crippen LogP contribution in [0.15, 0.2) is 23.1 Å². The van der Waals surface area contributed by atoms with Gasteiger partial charge in [0, 0.05) is 17.7 Å². The van der Waals surface area contributed by atoms with Gasteiger partial charge in [0.2, 0.25) is 0 Å². The second-order valence-electron chi connectivity index (χ2n) is 3.94. The molecule has 1 aliphatic rings. The summed E-state index contributed by atoms with van der Waals surface area (Å²) in [5, 5.41) is 0.744. The van der Waals surface area contributed by atoms with Crippen molar-refractivity contribution in [2.24, 2.45) is 5.73 Å². The normalized spacial score (nSPS) is 26.8. The van der Waals surface area contributed by atoms with Gasteiger partial charge in [-0.25, -0.2) is 0 Å². The van der Waals surface area contributed by atoms with Gasteiger partial charge in [0.25, 0.3) is 0 Å². The van der Waals surface area contributed by atoms with Gasteiger partial charge in [0.05, 0.1) is 32.6 Å². The molecule has 0 bridgehead atoms. The molecule has 3 unspecified atom stereocenters. The minimum Gasteiger partial charge on any atom is -0.380 e. The zero-order valence-corrected chi connectivity index (χ0v) is 11.4. The van der Waals surface area contributed by atoms with Gasteiger partial charge >= 0.3 is 0 Å². The molecule has 3 nitrogen and oxygen atoms in total. The Hall–Kier alpha value is -0.130. The summed E-state index contributed by atoms with van der Waals surface area (Å²) in [6, 6.07) is 4.81. The standard InChI is InChI=1S/C11H13Cl2NO2S/c12-7-1-2-8(13)10(5-7)17(15)11-6-16-4-3-9(11)14/h1-2,5,9,11H,3-4,6,14H2. The van der Waals surface area contributed by atoms with Crippen molar-refractivity contribution < 1.29 is 8.95 Å². The quantitative estimate of drug-likeness (QED) is 0.910. The zero-order valence-electron chi connectivity index (χ0n) is 9.07. The molecule has 17 heavy (non-hydrogen) atoms. The van der Waals surface area contributed by atoms with Crippen LogP contribution in [0.2, 0.25) is 10.0 Å². The highest BCUT2D eigenvalue weighted by atomic mass is 35.5. The number of ether oxygens (including phenoxy) is 1. The number of hydrogen-bond donors (Lipinski definition) is 1. The van der Waals surface area contributed by atoms with Crippen molar-refractivity contribution in [2.45, 2.75) is 22.6 Å². The van der Waals surface area contributed by atoms with E-state index < -0.39 is 10.8 Å². The number of halogens is 2. The van der Waals surface area contributed by atoms with Crippen LogP contribution in [0.3, 0.4) is 0 Å².